The molecule has 0 bridgehead atoms. The first-order valence-corrected chi connectivity index (χ1v) is 6.25. The van der Waals surface area contributed by atoms with E-state index in [1.165, 1.54) is 0 Å². The van der Waals surface area contributed by atoms with Gasteiger partial charge in [0.1, 0.15) is 6.10 Å². The third kappa shape index (κ3) is 1.26. The van der Waals surface area contributed by atoms with Gasteiger partial charge in [0.25, 0.3) is 5.91 Å². The van der Waals surface area contributed by atoms with Crippen LogP contribution in [0.5, 0.6) is 0 Å². The van der Waals surface area contributed by atoms with E-state index in [0.29, 0.717) is 6.42 Å². The molecule has 1 aromatic carbocycles. The SMILES string of the molecule is COC1Cc2nccc3c4ccccc4n(c23)C1=O. The molecule has 0 saturated carbocycles. The molecule has 1 aliphatic rings. The van der Waals surface area contributed by atoms with Gasteiger partial charge < -0.3 is 4.74 Å². The van der Waals surface area contributed by atoms with Crippen molar-refractivity contribution in [1.82, 2.24) is 9.55 Å². The molecule has 1 atom stereocenters. The Balaban J connectivity index is 2.23. The summed E-state index contributed by atoms with van der Waals surface area (Å²) in [5.41, 5.74) is 2.79. The average molecular weight is 252 g/mol. The zero-order valence-electron chi connectivity index (χ0n) is 10.5. The van der Waals surface area contributed by atoms with Gasteiger partial charge >= 0.3 is 0 Å². The Morgan fingerprint density at radius 1 is 1.26 bits per heavy atom. The van der Waals surface area contributed by atoms with E-state index in [1.54, 1.807) is 17.9 Å². The van der Waals surface area contributed by atoms with E-state index in [-0.39, 0.29) is 5.91 Å². The van der Waals surface area contributed by atoms with Gasteiger partial charge in [-0.05, 0) is 12.1 Å². The second-order valence-corrected chi connectivity index (χ2v) is 4.77. The molecule has 94 valence electrons. The average Bonchev–Trinajstić information content (AvgIpc) is 2.79. The van der Waals surface area contributed by atoms with E-state index < -0.39 is 6.10 Å². The predicted octanol–water partition coefficient (Wildman–Crippen LogP) is 2.40. The lowest BCUT2D eigenvalue weighted by Crippen LogP contribution is -2.34. The number of methoxy groups -OCH3 is 1. The maximum Gasteiger partial charge on any atom is 0.261 e. The number of para-hydroxylation sites is 1. The molecule has 4 rings (SSSR count). The number of carbonyl (C=O) groups excluding carboxylic acids is 1. The number of fused-ring (bicyclic) bond motifs is 3. The molecule has 1 unspecified atom stereocenters. The summed E-state index contributed by atoms with van der Waals surface area (Å²) in [4.78, 5) is 16.9. The highest BCUT2D eigenvalue weighted by molar-refractivity contribution is 6.15. The molecule has 0 amide bonds. The Bertz CT molecular complexity index is 819. The molecule has 3 aromatic rings. The van der Waals surface area contributed by atoms with E-state index in [9.17, 15) is 4.79 Å². The lowest BCUT2D eigenvalue weighted by Gasteiger charge is -2.21. The Hall–Kier alpha value is -2.20. The van der Waals surface area contributed by atoms with E-state index in [0.717, 1.165) is 27.5 Å². The van der Waals surface area contributed by atoms with E-state index >= 15 is 0 Å². The third-order valence-corrected chi connectivity index (χ3v) is 3.82. The van der Waals surface area contributed by atoms with Crippen molar-refractivity contribution in [2.45, 2.75) is 12.5 Å². The van der Waals surface area contributed by atoms with Crippen LogP contribution in [0.15, 0.2) is 36.5 Å². The first kappa shape index (κ1) is 10.7. The van der Waals surface area contributed by atoms with Gasteiger partial charge in [-0.15, -0.1) is 0 Å². The van der Waals surface area contributed by atoms with Crippen molar-refractivity contribution in [2.24, 2.45) is 0 Å². The van der Waals surface area contributed by atoms with Gasteiger partial charge in [-0.1, -0.05) is 18.2 Å². The number of carbonyl (C=O) groups is 1. The fourth-order valence-electron chi connectivity index (χ4n) is 2.95. The van der Waals surface area contributed by atoms with Gasteiger partial charge in [-0.3, -0.25) is 14.3 Å². The molecule has 0 spiro atoms. The summed E-state index contributed by atoms with van der Waals surface area (Å²) in [6.07, 6.45) is 1.90. The van der Waals surface area contributed by atoms with Gasteiger partial charge in [-0.25, -0.2) is 0 Å². The predicted molar refractivity (Wildman–Crippen MR) is 72.4 cm³/mol. The first-order valence-electron chi connectivity index (χ1n) is 6.25. The van der Waals surface area contributed by atoms with Crippen LogP contribution >= 0.6 is 0 Å². The van der Waals surface area contributed by atoms with Gasteiger partial charge in [0.15, 0.2) is 0 Å². The molecule has 0 saturated heterocycles. The van der Waals surface area contributed by atoms with Crippen LogP contribution in [0.25, 0.3) is 21.8 Å². The number of pyridine rings is 1. The molecular weight excluding hydrogens is 240 g/mol. The number of benzene rings is 1. The lowest BCUT2D eigenvalue weighted by molar-refractivity contribution is 0.0511. The quantitative estimate of drug-likeness (QED) is 0.668. The van der Waals surface area contributed by atoms with Crippen LogP contribution < -0.4 is 0 Å². The number of nitrogens with zero attached hydrogens (tertiary/aromatic N) is 2. The minimum atomic E-state index is -0.443. The third-order valence-electron chi connectivity index (χ3n) is 3.82. The molecule has 4 nitrogen and oxygen atoms in total. The van der Waals surface area contributed by atoms with Gasteiger partial charge in [-0.2, -0.15) is 0 Å². The van der Waals surface area contributed by atoms with Crippen LogP contribution in [0.2, 0.25) is 0 Å². The monoisotopic (exact) mass is 252 g/mol. The maximum atomic E-state index is 12.5. The molecule has 1 aliphatic heterocycles. The number of hydrogen-bond donors (Lipinski definition) is 0. The molecule has 0 radical (unpaired) electrons. The highest BCUT2D eigenvalue weighted by atomic mass is 16.5. The molecule has 19 heavy (non-hydrogen) atoms. The molecule has 0 N–H and O–H groups in total. The van der Waals surface area contributed by atoms with E-state index in [1.807, 2.05) is 30.3 Å². The van der Waals surface area contributed by atoms with E-state index in [4.69, 9.17) is 4.74 Å². The van der Waals surface area contributed by atoms with Crippen LogP contribution in [-0.4, -0.2) is 28.7 Å². The summed E-state index contributed by atoms with van der Waals surface area (Å²) < 4.78 is 7.05. The summed E-state index contributed by atoms with van der Waals surface area (Å²) >= 11 is 0. The zero-order valence-corrected chi connectivity index (χ0v) is 10.5. The van der Waals surface area contributed by atoms with Crippen molar-refractivity contribution in [3.8, 4) is 0 Å². The fraction of sp³-hybridized carbons (Fsp3) is 0.200. The van der Waals surface area contributed by atoms with Crippen molar-refractivity contribution in [3.05, 3.63) is 42.2 Å². The van der Waals surface area contributed by atoms with Gasteiger partial charge in [0.05, 0.1) is 16.7 Å². The molecule has 4 heteroatoms. The fourth-order valence-corrected chi connectivity index (χ4v) is 2.95. The second-order valence-electron chi connectivity index (χ2n) is 4.77. The first-order chi connectivity index (χ1) is 9.31. The maximum absolute atomic E-state index is 12.5. The number of hydrogen-bond acceptors (Lipinski definition) is 3. The highest BCUT2D eigenvalue weighted by Gasteiger charge is 2.31. The summed E-state index contributed by atoms with van der Waals surface area (Å²) in [5, 5.41) is 2.18. The normalized spacial score (nSPS) is 18.4. The van der Waals surface area contributed by atoms with Crippen LogP contribution in [0.3, 0.4) is 0 Å². The number of aromatic nitrogens is 2. The molecule has 0 fully saturated rings. The highest BCUT2D eigenvalue weighted by Crippen LogP contribution is 2.33. The van der Waals surface area contributed by atoms with Crippen LogP contribution in [-0.2, 0) is 11.2 Å². The van der Waals surface area contributed by atoms with E-state index in [2.05, 4.69) is 4.98 Å². The summed E-state index contributed by atoms with van der Waals surface area (Å²) in [6.45, 7) is 0. The Kier molecular flexibility index (Phi) is 2.05. The van der Waals surface area contributed by atoms with Crippen molar-refractivity contribution in [1.29, 1.82) is 0 Å². The molecule has 0 aliphatic carbocycles. The largest absolute Gasteiger partial charge is 0.371 e. The topological polar surface area (TPSA) is 44.1 Å². The molecular formula is C15H12N2O2. The smallest absolute Gasteiger partial charge is 0.261 e. The Labute approximate surface area is 109 Å². The van der Waals surface area contributed by atoms with Crippen molar-refractivity contribution < 1.29 is 9.53 Å². The van der Waals surface area contributed by atoms with Crippen LogP contribution in [0.4, 0.5) is 0 Å². The van der Waals surface area contributed by atoms with Crippen molar-refractivity contribution in [3.63, 3.8) is 0 Å². The number of rotatable bonds is 1. The molecule has 2 aromatic heterocycles. The molecule has 3 heterocycles. The minimum absolute atomic E-state index is 0.00537. The summed E-state index contributed by atoms with van der Waals surface area (Å²) in [7, 11) is 1.57. The van der Waals surface area contributed by atoms with Crippen molar-refractivity contribution in [2.75, 3.05) is 7.11 Å². The van der Waals surface area contributed by atoms with Crippen LogP contribution in [0.1, 0.15) is 10.5 Å². The van der Waals surface area contributed by atoms with Crippen molar-refractivity contribution >= 4 is 27.7 Å². The van der Waals surface area contributed by atoms with Crippen LogP contribution in [0, 0.1) is 0 Å². The number of ether oxygens (including phenoxy) is 1. The Morgan fingerprint density at radius 2 is 2.11 bits per heavy atom. The zero-order chi connectivity index (χ0) is 13.0. The standard InChI is InChI=1S/C15H12N2O2/c1-19-13-8-11-14-10(6-7-16-11)9-4-2-3-5-12(9)17(14)15(13)18/h2-7,13H,8H2,1H3. The van der Waals surface area contributed by atoms with Gasteiger partial charge in [0, 0.05) is 30.5 Å². The summed E-state index contributed by atoms with van der Waals surface area (Å²) in [5.74, 6) is -0.00537. The lowest BCUT2D eigenvalue weighted by atomic mass is 10.1. The Morgan fingerprint density at radius 3 is 2.95 bits per heavy atom. The summed E-state index contributed by atoms with van der Waals surface area (Å²) in [6, 6.07) is 9.91. The minimum Gasteiger partial charge on any atom is -0.371 e. The van der Waals surface area contributed by atoms with Gasteiger partial charge in [0.2, 0.25) is 0 Å². The second kappa shape index (κ2) is 3.65.